The summed E-state index contributed by atoms with van der Waals surface area (Å²) in [4.78, 5) is 12.9. The van der Waals surface area contributed by atoms with Crippen molar-refractivity contribution in [2.24, 2.45) is 0 Å². The molecule has 0 saturated carbocycles. The first kappa shape index (κ1) is 17.7. The monoisotopic (exact) mass is 363 g/mol. The molecule has 4 rings (SSSR count). The predicted molar refractivity (Wildman–Crippen MR) is 116 cm³/mol. The van der Waals surface area contributed by atoms with Crippen molar-refractivity contribution in [3.05, 3.63) is 114 Å². The van der Waals surface area contributed by atoms with Crippen molar-refractivity contribution in [1.29, 1.82) is 0 Å². The normalized spacial score (nSPS) is 10.5. The van der Waals surface area contributed by atoms with Crippen LogP contribution in [0.5, 0.6) is 0 Å². The molecular weight excluding hydrogens is 342 g/mol. The average Bonchev–Trinajstić information content (AvgIpc) is 2.76. The zero-order valence-electron chi connectivity index (χ0n) is 15.7. The summed E-state index contributed by atoms with van der Waals surface area (Å²) in [7, 11) is 0. The van der Waals surface area contributed by atoms with E-state index in [-0.39, 0.29) is 5.91 Å². The molecule has 0 fully saturated rings. The Kier molecular flexibility index (Phi) is 5.03. The highest BCUT2D eigenvalue weighted by Crippen LogP contribution is 2.26. The first-order chi connectivity index (χ1) is 13.7. The minimum absolute atomic E-state index is 0.105. The van der Waals surface area contributed by atoms with Gasteiger partial charge in [0.1, 0.15) is 0 Å². The number of aryl methyl sites for hydroxylation is 1. The Morgan fingerprint density at radius 2 is 1.18 bits per heavy atom. The van der Waals surface area contributed by atoms with E-state index < -0.39 is 0 Å². The van der Waals surface area contributed by atoms with Crippen molar-refractivity contribution in [2.45, 2.75) is 6.92 Å². The van der Waals surface area contributed by atoms with Crippen molar-refractivity contribution in [2.75, 3.05) is 5.32 Å². The van der Waals surface area contributed by atoms with Crippen molar-refractivity contribution < 1.29 is 4.79 Å². The summed E-state index contributed by atoms with van der Waals surface area (Å²) >= 11 is 0. The number of amides is 1. The molecule has 0 heterocycles. The summed E-state index contributed by atoms with van der Waals surface area (Å²) in [6.07, 6.45) is 0. The summed E-state index contributed by atoms with van der Waals surface area (Å²) in [6.45, 7) is 2.00. The van der Waals surface area contributed by atoms with Gasteiger partial charge in [-0.25, -0.2) is 0 Å². The summed E-state index contributed by atoms with van der Waals surface area (Å²) in [5.41, 5.74) is 6.85. The summed E-state index contributed by atoms with van der Waals surface area (Å²) < 4.78 is 0. The van der Waals surface area contributed by atoms with Crippen molar-refractivity contribution in [3.63, 3.8) is 0 Å². The molecule has 0 aliphatic heterocycles. The molecule has 0 aromatic heterocycles. The molecule has 136 valence electrons. The molecule has 0 radical (unpaired) electrons. The lowest BCUT2D eigenvalue weighted by Crippen LogP contribution is -2.12. The van der Waals surface area contributed by atoms with Crippen LogP contribution in [-0.2, 0) is 0 Å². The van der Waals surface area contributed by atoms with Crippen molar-refractivity contribution >= 4 is 11.6 Å². The number of nitrogens with one attached hydrogen (secondary N) is 1. The third kappa shape index (κ3) is 3.86. The maximum Gasteiger partial charge on any atom is 0.255 e. The van der Waals surface area contributed by atoms with Gasteiger partial charge in [0, 0.05) is 11.3 Å². The van der Waals surface area contributed by atoms with Gasteiger partial charge in [0.15, 0.2) is 0 Å². The molecule has 2 heteroatoms. The highest BCUT2D eigenvalue weighted by atomic mass is 16.1. The number of carbonyl (C=O) groups is 1. The minimum Gasteiger partial charge on any atom is -0.322 e. The van der Waals surface area contributed by atoms with Crippen LogP contribution < -0.4 is 5.32 Å². The number of hydrogen-bond acceptors (Lipinski definition) is 1. The van der Waals surface area contributed by atoms with E-state index >= 15 is 0 Å². The molecule has 0 bridgehead atoms. The van der Waals surface area contributed by atoms with Crippen LogP contribution in [0.4, 0.5) is 5.69 Å². The molecule has 0 spiro atoms. The van der Waals surface area contributed by atoms with Gasteiger partial charge in [0.2, 0.25) is 0 Å². The number of anilines is 1. The van der Waals surface area contributed by atoms with Crippen LogP contribution in [0, 0.1) is 6.92 Å². The molecule has 0 saturated heterocycles. The Balaban J connectivity index is 1.61. The van der Waals surface area contributed by atoms with Crippen LogP contribution in [0.15, 0.2) is 103 Å². The maximum absolute atomic E-state index is 12.9. The molecule has 4 aromatic carbocycles. The van der Waals surface area contributed by atoms with E-state index in [1.165, 1.54) is 0 Å². The molecular formula is C26H21NO. The van der Waals surface area contributed by atoms with Gasteiger partial charge in [-0.3, -0.25) is 4.79 Å². The second-order valence-corrected chi connectivity index (χ2v) is 6.80. The first-order valence-corrected chi connectivity index (χ1v) is 9.33. The van der Waals surface area contributed by atoms with Crippen LogP contribution >= 0.6 is 0 Å². The Labute approximate surface area is 165 Å². The molecule has 2 nitrogen and oxygen atoms in total. The molecule has 1 N–H and O–H groups in total. The van der Waals surface area contributed by atoms with Gasteiger partial charge in [-0.1, -0.05) is 84.9 Å². The second kappa shape index (κ2) is 7.93. The molecule has 0 aliphatic carbocycles. The highest BCUT2D eigenvalue weighted by Gasteiger charge is 2.10. The Morgan fingerprint density at radius 1 is 0.607 bits per heavy atom. The third-order valence-electron chi connectivity index (χ3n) is 4.82. The standard InChI is InChI=1S/C26H21NO/c1-19-15-16-23(21-11-6-3-7-12-21)18-25(19)27-26(28)24-14-8-13-22(17-24)20-9-4-2-5-10-20/h2-18H,1H3,(H,27,28). The molecule has 0 aliphatic rings. The number of benzene rings is 4. The van der Waals surface area contributed by atoms with Gasteiger partial charge in [-0.15, -0.1) is 0 Å². The van der Waals surface area contributed by atoms with Crippen LogP contribution in [-0.4, -0.2) is 5.91 Å². The van der Waals surface area contributed by atoms with Crippen molar-refractivity contribution in [3.8, 4) is 22.3 Å². The Hall–Kier alpha value is -3.65. The molecule has 0 unspecified atom stereocenters. The van der Waals surface area contributed by atoms with E-state index in [9.17, 15) is 4.79 Å². The lowest BCUT2D eigenvalue weighted by atomic mass is 10.0. The fourth-order valence-corrected chi connectivity index (χ4v) is 3.23. The van der Waals surface area contributed by atoms with Gasteiger partial charge in [-0.05, 0) is 52.9 Å². The number of hydrogen-bond donors (Lipinski definition) is 1. The summed E-state index contributed by atoms with van der Waals surface area (Å²) in [5.74, 6) is -0.105. The number of carbonyl (C=O) groups excluding carboxylic acids is 1. The fourth-order valence-electron chi connectivity index (χ4n) is 3.23. The Bertz CT molecular complexity index is 1100. The first-order valence-electron chi connectivity index (χ1n) is 9.33. The lowest BCUT2D eigenvalue weighted by molar-refractivity contribution is 0.102. The van der Waals surface area contributed by atoms with Gasteiger partial charge >= 0.3 is 0 Å². The largest absolute Gasteiger partial charge is 0.322 e. The quantitative estimate of drug-likeness (QED) is 0.436. The van der Waals surface area contributed by atoms with Crippen LogP contribution in [0.3, 0.4) is 0 Å². The zero-order chi connectivity index (χ0) is 19.3. The molecule has 1 amide bonds. The topological polar surface area (TPSA) is 29.1 Å². The van der Waals surface area contributed by atoms with E-state index in [2.05, 4.69) is 23.5 Å². The van der Waals surface area contributed by atoms with Crippen LogP contribution in [0.25, 0.3) is 22.3 Å². The van der Waals surface area contributed by atoms with Gasteiger partial charge in [0.05, 0.1) is 0 Å². The third-order valence-corrected chi connectivity index (χ3v) is 4.82. The second-order valence-electron chi connectivity index (χ2n) is 6.80. The summed E-state index contributed by atoms with van der Waals surface area (Å²) in [6, 6.07) is 34.1. The minimum atomic E-state index is -0.105. The van der Waals surface area contributed by atoms with Crippen LogP contribution in [0.1, 0.15) is 15.9 Å². The maximum atomic E-state index is 12.9. The Morgan fingerprint density at radius 3 is 1.82 bits per heavy atom. The van der Waals surface area contributed by atoms with Gasteiger partial charge in [0.25, 0.3) is 5.91 Å². The van der Waals surface area contributed by atoms with E-state index in [1.807, 2.05) is 91.9 Å². The molecule has 28 heavy (non-hydrogen) atoms. The van der Waals surface area contributed by atoms with Gasteiger partial charge in [-0.2, -0.15) is 0 Å². The SMILES string of the molecule is Cc1ccc(-c2ccccc2)cc1NC(=O)c1cccc(-c2ccccc2)c1. The lowest BCUT2D eigenvalue weighted by Gasteiger charge is -2.12. The fraction of sp³-hybridized carbons (Fsp3) is 0.0385. The summed E-state index contributed by atoms with van der Waals surface area (Å²) in [5, 5.41) is 3.08. The smallest absolute Gasteiger partial charge is 0.255 e. The van der Waals surface area contributed by atoms with Gasteiger partial charge < -0.3 is 5.32 Å². The number of rotatable bonds is 4. The molecule has 0 atom stereocenters. The predicted octanol–water partition coefficient (Wildman–Crippen LogP) is 6.58. The van der Waals surface area contributed by atoms with Crippen molar-refractivity contribution in [1.82, 2.24) is 0 Å². The van der Waals surface area contributed by atoms with E-state index in [1.54, 1.807) is 0 Å². The average molecular weight is 363 g/mol. The highest BCUT2D eigenvalue weighted by molar-refractivity contribution is 6.05. The molecule has 4 aromatic rings. The van der Waals surface area contributed by atoms with E-state index in [0.29, 0.717) is 5.56 Å². The van der Waals surface area contributed by atoms with E-state index in [0.717, 1.165) is 33.5 Å². The van der Waals surface area contributed by atoms with E-state index in [4.69, 9.17) is 0 Å². The zero-order valence-corrected chi connectivity index (χ0v) is 15.7. The van der Waals surface area contributed by atoms with Crippen LogP contribution in [0.2, 0.25) is 0 Å².